The number of ether oxygens (including phenoxy) is 1. The predicted molar refractivity (Wildman–Crippen MR) is 79.0 cm³/mol. The van der Waals surface area contributed by atoms with E-state index in [0.717, 1.165) is 37.2 Å². The highest BCUT2D eigenvalue weighted by Gasteiger charge is 2.32. The van der Waals surface area contributed by atoms with Crippen LogP contribution in [0.2, 0.25) is 0 Å². The molecule has 1 aliphatic carbocycles. The highest BCUT2D eigenvalue weighted by molar-refractivity contribution is 5.87. The third-order valence-corrected chi connectivity index (χ3v) is 4.50. The number of carbonyl (C=O) groups excluding carboxylic acids is 1. The summed E-state index contributed by atoms with van der Waals surface area (Å²) in [5, 5.41) is 13.8. The number of carbonyl (C=O) groups is 1. The Balaban J connectivity index is 1.82. The summed E-state index contributed by atoms with van der Waals surface area (Å²) in [4.78, 5) is 11.5. The molecule has 0 unspecified atom stereocenters. The fourth-order valence-electron chi connectivity index (χ4n) is 2.98. The fraction of sp³-hybridized carbons (Fsp3) is 0.688. The lowest BCUT2D eigenvalue weighted by Gasteiger charge is -2.36. The number of hydrogen-bond acceptors (Lipinski definition) is 5. The summed E-state index contributed by atoms with van der Waals surface area (Å²) >= 11 is 0. The number of esters is 1. The maximum atomic E-state index is 11.5. The molecule has 0 aliphatic heterocycles. The Labute approximate surface area is 125 Å². The molecule has 0 spiro atoms. The van der Waals surface area contributed by atoms with Crippen molar-refractivity contribution in [3.8, 4) is 0 Å². The summed E-state index contributed by atoms with van der Waals surface area (Å²) in [5.41, 5.74) is 0.133. The minimum Gasteiger partial charge on any atom is -0.463 e. The van der Waals surface area contributed by atoms with Gasteiger partial charge in [-0.25, -0.2) is 4.79 Å². The van der Waals surface area contributed by atoms with Crippen LogP contribution in [0.25, 0.3) is 0 Å². The van der Waals surface area contributed by atoms with Gasteiger partial charge < -0.3 is 19.6 Å². The molecule has 0 aromatic carbocycles. The molecule has 1 fully saturated rings. The van der Waals surface area contributed by atoms with Crippen LogP contribution in [-0.2, 0) is 11.3 Å². The number of rotatable bonds is 6. The summed E-state index contributed by atoms with van der Waals surface area (Å²) in [6.07, 6.45) is 6.54. The topological polar surface area (TPSA) is 71.7 Å². The fourth-order valence-corrected chi connectivity index (χ4v) is 2.98. The van der Waals surface area contributed by atoms with Crippen molar-refractivity contribution in [2.45, 2.75) is 51.2 Å². The number of aliphatic hydroxyl groups is 1. The number of furan rings is 1. The number of nitrogens with one attached hydrogen (secondary N) is 1. The van der Waals surface area contributed by atoms with Gasteiger partial charge in [0.25, 0.3) is 0 Å². The van der Waals surface area contributed by atoms with Crippen molar-refractivity contribution in [1.82, 2.24) is 5.32 Å². The Morgan fingerprint density at radius 3 is 2.86 bits per heavy atom. The monoisotopic (exact) mass is 295 g/mol. The van der Waals surface area contributed by atoms with Crippen LogP contribution in [0.15, 0.2) is 16.7 Å². The average Bonchev–Trinajstić information content (AvgIpc) is 2.95. The van der Waals surface area contributed by atoms with Gasteiger partial charge in [0.05, 0.1) is 19.0 Å². The van der Waals surface area contributed by atoms with Crippen LogP contribution in [0.5, 0.6) is 0 Å². The van der Waals surface area contributed by atoms with E-state index in [1.807, 2.05) is 0 Å². The summed E-state index contributed by atoms with van der Waals surface area (Å²) in [5.74, 6) is 0.510. The predicted octanol–water partition coefficient (Wildman–Crippen LogP) is 2.49. The minimum absolute atomic E-state index is 0.228. The molecule has 118 valence electrons. The highest BCUT2D eigenvalue weighted by atomic mass is 16.5. The minimum atomic E-state index is -0.624. The molecule has 1 aromatic rings. The SMILES string of the molecule is CCC1CCC(O)(CNCc2ccoc2C(=O)OC)CC1. The molecule has 21 heavy (non-hydrogen) atoms. The molecule has 1 aliphatic rings. The van der Waals surface area contributed by atoms with Gasteiger partial charge in [-0.15, -0.1) is 0 Å². The van der Waals surface area contributed by atoms with Gasteiger partial charge in [0, 0.05) is 18.7 Å². The van der Waals surface area contributed by atoms with E-state index >= 15 is 0 Å². The van der Waals surface area contributed by atoms with Crippen molar-refractivity contribution in [1.29, 1.82) is 0 Å². The second-order valence-corrected chi connectivity index (χ2v) is 5.95. The maximum Gasteiger partial charge on any atom is 0.374 e. The van der Waals surface area contributed by atoms with Gasteiger partial charge in [-0.3, -0.25) is 0 Å². The Kier molecular flexibility index (Phi) is 5.42. The van der Waals surface area contributed by atoms with E-state index in [0.29, 0.717) is 13.1 Å². The second kappa shape index (κ2) is 7.09. The van der Waals surface area contributed by atoms with E-state index in [2.05, 4.69) is 17.0 Å². The third kappa shape index (κ3) is 4.08. The lowest BCUT2D eigenvalue weighted by molar-refractivity contribution is -0.00882. The first-order valence-electron chi connectivity index (χ1n) is 7.66. The van der Waals surface area contributed by atoms with E-state index in [9.17, 15) is 9.90 Å². The summed E-state index contributed by atoms with van der Waals surface area (Å²) in [7, 11) is 1.33. The summed E-state index contributed by atoms with van der Waals surface area (Å²) in [6.45, 7) is 3.23. The zero-order chi connectivity index (χ0) is 15.3. The Morgan fingerprint density at radius 2 is 2.24 bits per heavy atom. The molecule has 0 radical (unpaired) electrons. The molecular formula is C16H25NO4. The van der Waals surface area contributed by atoms with E-state index in [-0.39, 0.29) is 5.76 Å². The average molecular weight is 295 g/mol. The van der Waals surface area contributed by atoms with Gasteiger partial charge in [-0.2, -0.15) is 0 Å². The van der Waals surface area contributed by atoms with Crippen LogP contribution in [0, 0.1) is 5.92 Å². The first kappa shape index (κ1) is 16.0. The Hall–Kier alpha value is -1.33. The van der Waals surface area contributed by atoms with E-state index in [4.69, 9.17) is 4.42 Å². The molecule has 0 atom stereocenters. The van der Waals surface area contributed by atoms with Crippen LogP contribution < -0.4 is 5.32 Å². The number of hydrogen-bond donors (Lipinski definition) is 2. The van der Waals surface area contributed by atoms with Gasteiger partial charge in [0.15, 0.2) is 0 Å². The maximum absolute atomic E-state index is 11.5. The van der Waals surface area contributed by atoms with Crippen molar-refractivity contribution in [2.75, 3.05) is 13.7 Å². The molecule has 5 nitrogen and oxygen atoms in total. The molecule has 1 heterocycles. The zero-order valence-electron chi connectivity index (χ0n) is 12.9. The molecule has 1 aromatic heterocycles. The normalized spacial score (nSPS) is 25.8. The van der Waals surface area contributed by atoms with Crippen molar-refractivity contribution in [3.63, 3.8) is 0 Å². The summed E-state index contributed by atoms with van der Waals surface area (Å²) < 4.78 is 9.80. The molecule has 2 N–H and O–H groups in total. The van der Waals surface area contributed by atoms with Gasteiger partial charge in [-0.05, 0) is 37.7 Å². The van der Waals surface area contributed by atoms with Gasteiger partial charge in [0.2, 0.25) is 5.76 Å². The van der Waals surface area contributed by atoms with Crippen LogP contribution in [0.3, 0.4) is 0 Å². The van der Waals surface area contributed by atoms with Crippen molar-refractivity contribution >= 4 is 5.97 Å². The smallest absolute Gasteiger partial charge is 0.374 e. The molecule has 0 amide bonds. The molecule has 5 heteroatoms. The lowest BCUT2D eigenvalue weighted by Crippen LogP contribution is -2.43. The Morgan fingerprint density at radius 1 is 1.52 bits per heavy atom. The molecule has 0 bridgehead atoms. The van der Waals surface area contributed by atoms with Crippen LogP contribution in [0.4, 0.5) is 0 Å². The largest absolute Gasteiger partial charge is 0.463 e. The summed E-state index contributed by atoms with van der Waals surface area (Å²) in [6, 6.07) is 1.75. The molecular weight excluding hydrogens is 270 g/mol. The van der Waals surface area contributed by atoms with E-state index in [1.165, 1.54) is 19.8 Å². The van der Waals surface area contributed by atoms with Crippen molar-refractivity contribution in [2.24, 2.45) is 5.92 Å². The highest BCUT2D eigenvalue weighted by Crippen LogP contribution is 2.33. The quantitative estimate of drug-likeness (QED) is 0.789. The van der Waals surface area contributed by atoms with Crippen LogP contribution in [0.1, 0.15) is 55.1 Å². The van der Waals surface area contributed by atoms with Crippen molar-refractivity contribution in [3.05, 3.63) is 23.7 Å². The Bertz CT molecular complexity index is 461. The number of methoxy groups -OCH3 is 1. The zero-order valence-corrected chi connectivity index (χ0v) is 12.9. The standard InChI is InChI=1S/C16H25NO4/c1-3-12-4-7-16(19,8-5-12)11-17-10-13-6-9-21-14(13)15(18)20-2/h6,9,12,17,19H,3-5,7-8,10-11H2,1-2H3. The molecule has 1 saturated carbocycles. The first-order valence-corrected chi connectivity index (χ1v) is 7.66. The van der Waals surface area contributed by atoms with E-state index < -0.39 is 11.6 Å². The van der Waals surface area contributed by atoms with Crippen LogP contribution in [-0.4, -0.2) is 30.3 Å². The van der Waals surface area contributed by atoms with Gasteiger partial charge in [0.1, 0.15) is 0 Å². The lowest BCUT2D eigenvalue weighted by atomic mass is 9.78. The van der Waals surface area contributed by atoms with Gasteiger partial charge >= 0.3 is 5.97 Å². The van der Waals surface area contributed by atoms with E-state index in [1.54, 1.807) is 6.07 Å². The van der Waals surface area contributed by atoms with Gasteiger partial charge in [-0.1, -0.05) is 13.3 Å². The van der Waals surface area contributed by atoms with Crippen molar-refractivity contribution < 1.29 is 19.1 Å². The second-order valence-electron chi connectivity index (χ2n) is 5.95. The van der Waals surface area contributed by atoms with Crippen LogP contribution >= 0.6 is 0 Å². The molecule has 2 rings (SSSR count). The third-order valence-electron chi connectivity index (χ3n) is 4.50. The first-order chi connectivity index (χ1) is 10.1. The molecule has 0 saturated heterocycles.